The van der Waals surface area contributed by atoms with Crippen LogP contribution in [0.5, 0.6) is 5.75 Å². The normalized spacial score (nSPS) is 20.9. The third kappa shape index (κ3) is 1.73. The SMILES string of the molecule is CCC1NCCOc2ccc(F)cc21. The highest BCUT2D eigenvalue weighted by Crippen LogP contribution is 2.29. The van der Waals surface area contributed by atoms with Crippen LogP contribution in [-0.4, -0.2) is 13.2 Å². The Morgan fingerprint density at radius 1 is 1.57 bits per heavy atom. The summed E-state index contributed by atoms with van der Waals surface area (Å²) in [5, 5.41) is 3.32. The molecule has 1 heterocycles. The molecule has 0 amide bonds. The van der Waals surface area contributed by atoms with Crippen LogP contribution in [-0.2, 0) is 0 Å². The van der Waals surface area contributed by atoms with Crippen LogP contribution in [0.4, 0.5) is 4.39 Å². The van der Waals surface area contributed by atoms with Crippen molar-refractivity contribution >= 4 is 0 Å². The number of nitrogens with one attached hydrogen (secondary N) is 1. The lowest BCUT2D eigenvalue weighted by Gasteiger charge is -2.15. The molecule has 0 fully saturated rings. The highest BCUT2D eigenvalue weighted by Gasteiger charge is 2.17. The number of hydrogen-bond donors (Lipinski definition) is 1. The maximum Gasteiger partial charge on any atom is 0.124 e. The molecule has 1 N–H and O–H groups in total. The van der Waals surface area contributed by atoms with E-state index in [1.165, 1.54) is 6.07 Å². The van der Waals surface area contributed by atoms with E-state index < -0.39 is 0 Å². The third-order valence-electron chi connectivity index (χ3n) is 2.51. The monoisotopic (exact) mass is 195 g/mol. The average molecular weight is 195 g/mol. The smallest absolute Gasteiger partial charge is 0.124 e. The fourth-order valence-electron chi connectivity index (χ4n) is 1.79. The highest BCUT2D eigenvalue weighted by molar-refractivity contribution is 5.37. The lowest BCUT2D eigenvalue weighted by Crippen LogP contribution is -2.22. The molecule has 1 aromatic rings. The van der Waals surface area contributed by atoms with Crippen LogP contribution < -0.4 is 10.1 Å². The average Bonchev–Trinajstić information content (AvgIpc) is 2.39. The van der Waals surface area contributed by atoms with Crippen molar-refractivity contribution in [3.63, 3.8) is 0 Å². The number of rotatable bonds is 1. The molecule has 2 rings (SSSR count). The zero-order valence-corrected chi connectivity index (χ0v) is 8.22. The first-order valence-corrected chi connectivity index (χ1v) is 4.97. The standard InChI is InChI=1S/C11H14FNO/c1-2-10-9-7-8(12)3-4-11(9)14-6-5-13-10/h3-4,7,10,13H,2,5-6H2,1H3. The third-order valence-corrected chi connectivity index (χ3v) is 2.51. The molecule has 1 unspecified atom stereocenters. The van der Waals surface area contributed by atoms with Gasteiger partial charge in [0.1, 0.15) is 18.2 Å². The van der Waals surface area contributed by atoms with E-state index in [2.05, 4.69) is 12.2 Å². The maximum atomic E-state index is 13.1. The first-order chi connectivity index (χ1) is 6.81. The Morgan fingerprint density at radius 2 is 2.43 bits per heavy atom. The van der Waals surface area contributed by atoms with Crippen LogP contribution in [0, 0.1) is 5.82 Å². The lowest BCUT2D eigenvalue weighted by atomic mass is 10.0. The van der Waals surface area contributed by atoms with E-state index in [0.717, 1.165) is 24.3 Å². The summed E-state index contributed by atoms with van der Waals surface area (Å²) in [6.07, 6.45) is 0.944. The molecule has 0 aliphatic carbocycles. The molecule has 2 nitrogen and oxygen atoms in total. The van der Waals surface area contributed by atoms with E-state index in [4.69, 9.17) is 4.74 Å². The van der Waals surface area contributed by atoms with Gasteiger partial charge in [0.2, 0.25) is 0 Å². The largest absolute Gasteiger partial charge is 0.492 e. The van der Waals surface area contributed by atoms with E-state index in [1.807, 2.05) is 0 Å². The fourth-order valence-corrected chi connectivity index (χ4v) is 1.79. The van der Waals surface area contributed by atoms with E-state index in [9.17, 15) is 4.39 Å². The minimum absolute atomic E-state index is 0.200. The lowest BCUT2D eigenvalue weighted by molar-refractivity contribution is 0.323. The van der Waals surface area contributed by atoms with Crippen LogP contribution in [0.15, 0.2) is 18.2 Å². The van der Waals surface area contributed by atoms with E-state index in [1.54, 1.807) is 12.1 Å². The number of halogens is 1. The molecule has 1 aromatic carbocycles. The summed E-state index contributed by atoms with van der Waals surface area (Å²) in [4.78, 5) is 0. The summed E-state index contributed by atoms with van der Waals surface area (Å²) in [5.74, 6) is 0.609. The number of benzene rings is 1. The van der Waals surface area contributed by atoms with Crippen LogP contribution >= 0.6 is 0 Å². The molecular weight excluding hydrogens is 181 g/mol. The predicted molar refractivity (Wildman–Crippen MR) is 52.9 cm³/mol. The molecule has 0 aromatic heterocycles. The van der Waals surface area contributed by atoms with Crippen molar-refractivity contribution in [1.29, 1.82) is 0 Å². The molecule has 0 radical (unpaired) electrons. The Balaban J connectivity index is 2.40. The van der Waals surface area contributed by atoms with E-state index in [-0.39, 0.29) is 11.9 Å². The zero-order valence-electron chi connectivity index (χ0n) is 8.22. The second-order valence-electron chi connectivity index (χ2n) is 3.45. The van der Waals surface area contributed by atoms with E-state index >= 15 is 0 Å². The molecule has 1 aliphatic rings. The molecule has 76 valence electrons. The highest BCUT2D eigenvalue weighted by atomic mass is 19.1. The molecule has 0 bridgehead atoms. The number of fused-ring (bicyclic) bond motifs is 1. The maximum absolute atomic E-state index is 13.1. The first kappa shape index (κ1) is 9.46. The number of hydrogen-bond acceptors (Lipinski definition) is 2. The van der Waals surface area contributed by atoms with Gasteiger partial charge in [-0.15, -0.1) is 0 Å². The fraction of sp³-hybridized carbons (Fsp3) is 0.455. The van der Waals surface area contributed by atoms with Crippen molar-refractivity contribution in [2.45, 2.75) is 19.4 Å². The van der Waals surface area contributed by atoms with Gasteiger partial charge in [-0.05, 0) is 24.6 Å². The molecule has 3 heteroatoms. The van der Waals surface area contributed by atoms with Gasteiger partial charge >= 0.3 is 0 Å². The van der Waals surface area contributed by atoms with Crippen molar-refractivity contribution in [2.75, 3.05) is 13.2 Å². The van der Waals surface area contributed by atoms with Gasteiger partial charge in [0, 0.05) is 18.2 Å². The Bertz CT molecular complexity index is 327. The second-order valence-corrected chi connectivity index (χ2v) is 3.45. The number of ether oxygens (including phenoxy) is 1. The quantitative estimate of drug-likeness (QED) is 0.742. The molecule has 0 spiro atoms. The van der Waals surface area contributed by atoms with Gasteiger partial charge in [-0.25, -0.2) is 4.39 Å². The second kappa shape index (κ2) is 3.96. The molecule has 1 aliphatic heterocycles. The van der Waals surface area contributed by atoms with Gasteiger partial charge in [-0.2, -0.15) is 0 Å². The summed E-state index contributed by atoms with van der Waals surface area (Å²) in [5.41, 5.74) is 0.935. The summed E-state index contributed by atoms with van der Waals surface area (Å²) < 4.78 is 18.6. The van der Waals surface area contributed by atoms with Crippen molar-refractivity contribution in [3.05, 3.63) is 29.6 Å². The molecule has 0 saturated carbocycles. The Morgan fingerprint density at radius 3 is 3.21 bits per heavy atom. The van der Waals surface area contributed by atoms with Gasteiger partial charge < -0.3 is 10.1 Å². The van der Waals surface area contributed by atoms with Gasteiger partial charge in [0.05, 0.1) is 0 Å². The zero-order chi connectivity index (χ0) is 9.97. The molecule has 14 heavy (non-hydrogen) atoms. The minimum atomic E-state index is -0.200. The topological polar surface area (TPSA) is 21.3 Å². The Hall–Kier alpha value is -1.09. The van der Waals surface area contributed by atoms with Crippen LogP contribution in [0.2, 0.25) is 0 Å². The molecular formula is C11H14FNO. The van der Waals surface area contributed by atoms with Crippen molar-refractivity contribution < 1.29 is 9.13 Å². The van der Waals surface area contributed by atoms with E-state index in [0.29, 0.717) is 6.61 Å². The van der Waals surface area contributed by atoms with Crippen LogP contribution in [0.3, 0.4) is 0 Å². The van der Waals surface area contributed by atoms with Crippen LogP contribution in [0.25, 0.3) is 0 Å². The van der Waals surface area contributed by atoms with Gasteiger partial charge in [0.25, 0.3) is 0 Å². The Labute approximate surface area is 83.1 Å². The van der Waals surface area contributed by atoms with Crippen molar-refractivity contribution in [3.8, 4) is 5.75 Å². The van der Waals surface area contributed by atoms with Crippen LogP contribution in [0.1, 0.15) is 24.9 Å². The first-order valence-electron chi connectivity index (χ1n) is 4.97. The summed E-state index contributed by atoms with van der Waals surface area (Å²) in [7, 11) is 0. The molecule has 1 atom stereocenters. The summed E-state index contributed by atoms with van der Waals surface area (Å²) >= 11 is 0. The summed E-state index contributed by atoms with van der Waals surface area (Å²) in [6, 6.07) is 4.92. The Kier molecular flexibility index (Phi) is 2.68. The van der Waals surface area contributed by atoms with Crippen molar-refractivity contribution in [1.82, 2.24) is 5.32 Å². The minimum Gasteiger partial charge on any atom is -0.492 e. The van der Waals surface area contributed by atoms with Gasteiger partial charge in [-0.1, -0.05) is 6.92 Å². The van der Waals surface area contributed by atoms with Gasteiger partial charge in [-0.3, -0.25) is 0 Å². The summed E-state index contributed by atoms with van der Waals surface area (Å²) in [6.45, 7) is 3.54. The van der Waals surface area contributed by atoms with Gasteiger partial charge in [0.15, 0.2) is 0 Å². The van der Waals surface area contributed by atoms with Crippen molar-refractivity contribution in [2.24, 2.45) is 0 Å². The molecule has 0 saturated heterocycles. The predicted octanol–water partition coefficient (Wildman–Crippen LogP) is 2.26.